The first-order valence-corrected chi connectivity index (χ1v) is 10.3. The zero-order chi connectivity index (χ0) is 16.8. The quantitative estimate of drug-likeness (QED) is 0.549. The number of hydrogen-bond donors (Lipinski definition) is 0. The summed E-state index contributed by atoms with van der Waals surface area (Å²) in [5, 5.41) is 0. The van der Waals surface area contributed by atoms with Gasteiger partial charge in [0.05, 0.1) is 0 Å². The summed E-state index contributed by atoms with van der Waals surface area (Å²) in [4.78, 5) is 6.29. The van der Waals surface area contributed by atoms with Crippen molar-refractivity contribution < 1.29 is 4.39 Å². The van der Waals surface area contributed by atoms with E-state index >= 15 is 0 Å². The minimum atomic E-state index is -0.605. The highest BCUT2D eigenvalue weighted by Crippen LogP contribution is 2.27. The first kappa shape index (κ1) is 18.2. The molecule has 0 amide bonds. The van der Waals surface area contributed by atoms with Crippen LogP contribution in [0, 0.1) is 5.92 Å². The molecule has 0 saturated carbocycles. The Kier molecular flexibility index (Phi) is 6.93. The second-order valence-corrected chi connectivity index (χ2v) is 8.52. The summed E-state index contributed by atoms with van der Waals surface area (Å²) in [6.07, 6.45) is 10.0. The zero-order valence-electron chi connectivity index (χ0n) is 14.7. The van der Waals surface area contributed by atoms with Crippen molar-refractivity contribution in [3.05, 3.63) is 30.1 Å². The Morgan fingerprint density at radius 1 is 1.25 bits per heavy atom. The summed E-state index contributed by atoms with van der Waals surface area (Å²) in [7, 11) is 2.06. The SMILES string of the molecule is CN1CC(F)CC1CCCSN1CCC(Cc2ccncc2)CC1. The van der Waals surface area contributed by atoms with Crippen LogP contribution < -0.4 is 0 Å². The fourth-order valence-corrected chi connectivity index (χ4v) is 4.98. The maximum atomic E-state index is 13.4. The monoisotopic (exact) mass is 351 g/mol. The van der Waals surface area contributed by atoms with Gasteiger partial charge in [-0.2, -0.15) is 0 Å². The molecule has 0 spiro atoms. The molecule has 0 aliphatic carbocycles. The summed E-state index contributed by atoms with van der Waals surface area (Å²) >= 11 is 2.00. The molecule has 2 unspecified atom stereocenters. The average Bonchev–Trinajstić information content (AvgIpc) is 2.91. The molecule has 2 atom stereocenters. The van der Waals surface area contributed by atoms with Crippen molar-refractivity contribution in [2.24, 2.45) is 5.92 Å². The lowest BCUT2D eigenvalue weighted by Gasteiger charge is -2.31. The molecule has 2 fully saturated rings. The smallest absolute Gasteiger partial charge is 0.114 e. The van der Waals surface area contributed by atoms with E-state index < -0.39 is 6.17 Å². The van der Waals surface area contributed by atoms with Crippen LogP contribution in [0.5, 0.6) is 0 Å². The standard InChI is InChI=1S/C19H30FN3S/c1-22-15-18(20)14-19(22)3-2-12-24-23-10-6-17(7-11-23)13-16-4-8-21-9-5-16/h4-5,8-9,17-19H,2-3,6-7,10-15H2,1H3. The van der Waals surface area contributed by atoms with Crippen LogP contribution in [0.4, 0.5) is 4.39 Å². The van der Waals surface area contributed by atoms with Crippen LogP contribution in [0.15, 0.2) is 24.5 Å². The molecule has 24 heavy (non-hydrogen) atoms. The van der Waals surface area contributed by atoms with Crippen molar-refractivity contribution in [3.8, 4) is 0 Å². The van der Waals surface area contributed by atoms with Gasteiger partial charge in [0.2, 0.25) is 0 Å². The number of halogens is 1. The highest BCUT2D eigenvalue weighted by Gasteiger charge is 2.28. The number of pyridine rings is 1. The number of hydrogen-bond acceptors (Lipinski definition) is 4. The molecule has 0 N–H and O–H groups in total. The number of nitrogens with zero attached hydrogens (tertiary/aromatic N) is 3. The minimum absolute atomic E-state index is 0.465. The lowest BCUT2D eigenvalue weighted by atomic mass is 9.91. The zero-order valence-corrected chi connectivity index (χ0v) is 15.6. The molecule has 0 aromatic carbocycles. The first-order chi connectivity index (χ1) is 11.7. The van der Waals surface area contributed by atoms with Crippen molar-refractivity contribution in [2.75, 3.05) is 32.4 Å². The van der Waals surface area contributed by atoms with Gasteiger partial charge in [-0.25, -0.2) is 4.39 Å². The third-order valence-corrected chi connectivity index (χ3v) is 6.64. The molecule has 1 aromatic rings. The van der Waals surface area contributed by atoms with Gasteiger partial charge < -0.3 is 4.90 Å². The maximum absolute atomic E-state index is 13.4. The van der Waals surface area contributed by atoms with Crippen LogP contribution in [-0.4, -0.2) is 58.8 Å². The van der Waals surface area contributed by atoms with Gasteiger partial charge in [-0.05, 0) is 69.2 Å². The van der Waals surface area contributed by atoms with Crippen LogP contribution in [-0.2, 0) is 6.42 Å². The van der Waals surface area contributed by atoms with Crippen molar-refractivity contribution in [1.82, 2.24) is 14.2 Å². The topological polar surface area (TPSA) is 19.4 Å². The number of aromatic nitrogens is 1. The van der Waals surface area contributed by atoms with Crippen molar-refractivity contribution in [2.45, 2.75) is 50.7 Å². The van der Waals surface area contributed by atoms with Gasteiger partial charge in [0.15, 0.2) is 0 Å². The summed E-state index contributed by atoms with van der Waals surface area (Å²) < 4.78 is 15.9. The molecule has 5 heteroatoms. The second kappa shape index (κ2) is 9.16. The van der Waals surface area contributed by atoms with E-state index in [4.69, 9.17) is 0 Å². The Hall–Kier alpha value is -0.650. The van der Waals surface area contributed by atoms with Crippen molar-refractivity contribution in [1.29, 1.82) is 0 Å². The Balaban J connectivity index is 1.27. The number of likely N-dealkylation sites (tertiary alicyclic amines) is 1. The summed E-state index contributed by atoms with van der Waals surface area (Å²) in [6.45, 7) is 3.04. The average molecular weight is 352 g/mol. The molecular formula is C19H30FN3S. The molecule has 3 nitrogen and oxygen atoms in total. The van der Waals surface area contributed by atoms with Gasteiger partial charge in [0, 0.05) is 43.8 Å². The van der Waals surface area contributed by atoms with Gasteiger partial charge in [-0.3, -0.25) is 9.29 Å². The van der Waals surface area contributed by atoms with Crippen molar-refractivity contribution in [3.63, 3.8) is 0 Å². The second-order valence-electron chi connectivity index (χ2n) is 7.33. The van der Waals surface area contributed by atoms with E-state index in [1.165, 1.54) is 50.1 Å². The summed E-state index contributed by atoms with van der Waals surface area (Å²) in [5.74, 6) is 1.99. The fraction of sp³-hybridized carbons (Fsp3) is 0.737. The fourth-order valence-electron chi connectivity index (χ4n) is 3.96. The van der Waals surface area contributed by atoms with Gasteiger partial charge in [0.1, 0.15) is 6.17 Å². The number of alkyl halides is 1. The largest absolute Gasteiger partial charge is 0.300 e. The van der Waals surface area contributed by atoms with E-state index in [1.54, 1.807) is 0 Å². The highest BCUT2D eigenvalue weighted by atomic mass is 32.2. The molecule has 134 valence electrons. The van der Waals surface area contributed by atoms with E-state index in [1.807, 2.05) is 24.3 Å². The summed E-state index contributed by atoms with van der Waals surface area (Å²) in [5.41, 5.74) is 1.42. The Morgan fingerprint density at radius 3 is 2.67 bits per heavy atom. The van der Waals surface area contributed by atoms with E-state index in [9.17, 15) is 4.39 Å². The lowest BCUT2D eigenvalue weighted by molar-refractivity contribution is 0.282. The van der Waals surface area contributed by atoms with Crippen LogP contribution in [0.2, 0.25) is 0 Å². The minimum Gasteiger partial charge on any atom is -0.300 e. The van der Waals surface area contributed by atoms with E-state index in [0.29, 0.717) is 12.6 Å². The lowest BCUT2D eigenvalue weighted by Crippen LogP contribution is -2.30. The predicted molar refractivity (Wildman–Crippen MR) is 99.9 cm³/mol. The molecule has 0 bridgehead atoms. The van der Waals surface area contributed by atoms with E-state index in [0.717, 1.165) is 18.8 Å². The van der Waals surface area contributed by atoms with E-state index in [2.05, 4.69) is 33.4 Å². The highest BCUT2D eigenvalue weighted by molar-refractivity contribution is 7.97. The Labute approximate surface area is 150 Å². The molecule has 3 rings (SSSR count). The number of rotatable bonds is 7. The Morgan fingerprint density at radius 2 is 2.00 bits per heavy atom. The molecule has 2 aliphatic rings. The normalized spacial score (nSPS) is 26.9. The molecule has 2 aliphatic heterocycles. The van der Waals surface area contributed by atoms with Gasteiger partial charge in [-0.15, -0.1) is 0 Å². The first-order valence-electron chi connectivity index (χ1n) is 9.32. The number of piperidine rings is 1. The molecule has 2 saturated heterocycles. The molecule has 0 radical (unpaired) electrons. The molecule has 3 heterocycles. The van der Waals surface area contributed by atoms with Gasteiger partial charge >= 0.3 is 0 Å². The molecule has 1 aromatic heterocycles. The van der Waals surface area contributed by atoms with Crippen LogP contribution in [0.25, 0.3) is 0 Å². The third kappa shape index (κ3) is 5.43. The maximum Gasteiger partial charge on any atom is 0.114 e. The van der Waals surface area contributed by atoms with Crippen molar-refractivity contribution >= 4 is 11.9 Å². The summed E-state index contributed by atoms with van der Waals surface area (Å²) in [6, 6.07) is 4.75. The third-order valence-electron chi connectivity index (χ3n) is 5.44. The van der Waals surface area contributed by atoms with Crippen LogP contribution in [0.3, 0.4) is 0 Å². The van der Waals surface area contributed by atoms with Gasteiger partial charge in [0.25, 0.3) is 0 Å². The predicted octanol–water partition coefficient (Wildman–Crippen LogP) is 3.81. The van der Waals surface area contributed by atoms with E-state index in [-0.39, 0.29) is 0 Å². The van der Waals surface area contributed by atoms with Crippen LogP contribution in [0.1, 0.15) is 37.7 Å². The van der Waals surface area contributed by atoms with Crippen LogP contribution >= 0.6 is 11.9 Å². The Bertz CT molecular complexity index is 479. The van der Waals surface area contributed by atoms with Gasteiger partial charge in [-0.1, -0.05) is 11.9 Å². The molecular weight excluding hydrogens is 321 g/mol.